The van der Waals surface area contributed by atoms with Crippen LogP contribution in [0.15, 0.2) is 23.8 Å². The number of aliphatic carboxylic acids is 1. The smallest absolute Gasteiger partial charge is 0.477 e. The first-order valence-corrected chi connectivity index (χ1v) is 4.67. The molecule has 1 aliphatic rings. The van der Waals surface area contributed by atoms with Gasteiger partial charge in [-0.15, -0.1) is 8.78 Å². The summed E-state index contributed by atoms with van der Waals surface area (Å²) in [5.41, 5.74) is -0.564. The van der Waals surface area contributed by atoms with Crippen LogP contribution in [0.25, 0.3) is 6.08 Å². The standard InChI is InChI=1S/C11H5F2NO4/c12-11(13)17-8-3-1-2-6(9(8)18-11)4-7(5-14)10(15)16/h1-4H,(H,15,16). The van der Waals surface area contributed by atoms with Gasteiger partial charge >= 0.3 is 12.3 Å². The summed E-state index contributed by atoms with van der Waals surface area (Å²) in [7, 11) is 0. The monoisotopic (exact) mass is 253 g/mol. The highest BCUT2D eigenvalue weighted by Crippen LogP contribution is 2.43. The third-order valence-corrected chi connectivity index (χ3v) is 2.11. The highest BCUT2D eigenvalue weighted by molar-refractivity contribution is 5.97. The van der Waals surface area contributed by atoms with E-state index in [1.807, 2.05) is 0 Å². The largest absolute Gasteiger partial charge is 0.586 e. The fraction of sp³-hybridized carbons (Fsp3) is 0.0909. The van der Waals surface area contributed by atoms with Crippen LogP contribution in [0.2, 0.25) is 0 Å². The van der Waals surface area contributed by atoms with Crippen molar-refractivity contribution in [3.63, 3.8) is 0 Å². The topological polar surface area (TPSA) is 79.5 Å². The van der Waals surface area contributed by atoms with Crippen molar-refractivity contribution >= 4 is 12.0 Å². The second-order valence-corrected chi connectivity index (χ2v) is 3.32. The van der Waals surface area contributed by atoms with Gasteiger partial charge in [-0.1, -0.05) is 12.1 Å². The van der Waals surface area contributed by atoms with Crippen LogP contribution in [-0.4, -0.2) is 17.4 Å². The van der Waals surface area contributed by atoms with E-state index >= 15 is 0 Å². The second-order valence-electron chi connectivity index (χ2n) is 3.32. The minimum atomic E-state index is -3.79. The number of nitriles is 1. The number of alkyl halides is 2. The summed E-state index contributed by atoms with van der Waals surface area (Å²) in [4.78, 5) is 10.7. The molecule has 0 radical (unpaired) electrons. The van der Waals surface area contributed by atoms with Crippen LogP contribution in [0.3, 0.4) is 0 Å². The molecule has 0 saturated heterocycles. The summed E-state index contributed by atoms with van der Waals surface area (Å²) in [5.74, 6) is -1.96. The van der Waals surface area contributed by atoms with Gasteiger partial charge in [0.1, 0.15) is 11.6 Å². The molecule has 1 aromatic carbocycles. The molecular weight excluding hydrogens is 248 g/mol. The van der Waals surface area contributed by atoms with E-state index in [1.165, 1.54) is 24.3 Å². The van der Waals surface area contributed by atoms with Crippen molar-refractivity contribution in [3.8, 4) is 17.6 Å². The normalized spacial score (nSPS) is 16.2. The van der Waals surface area contributed by atoms with E-state index in [0.717, 1.165) is 6.08 Å². The van der Waals surface area contributed by atoms with Crippen molar-refractivity contribution in [3.05, 3.63) is 29.3 Å². The van der Waals surface area contributed by atoms with E-state index in [-0.39, 0.29) is 17.1 Å². The van der Waals surface area contributed by atoms with Gasteiger partial charge in [-0.25, -0.2) is 4.79 Å². The first-order valence-electron chi connectivity index (χ1n) is 4.67. The van der Waals surface area contributed by atoms with Crippen LogP contribution < -0.4 is 9.47 Å². The van der Waals surface area contributed by atoms with Crippen LogP contribution in [0.1, 0.15) is 5.56 Å². The summed E-state index contributed by atoms with van der Waals surface area (Å²) in [6.45, 7) is 0. The molecule has 18 heavy (non-hydrogen) atoms. The number of carboxylic acid groups (broad SMARTS) is 1. The zero-order valence-corrected chi connectivity index (χ0v) is 8.68. The molecule has 92 valence electrons. The molecular formula is C11H5F2NO4. The van der Waals surface area contributed by atoms with Crippen molar-refractivity contribution in [1.29, 1.82) is 5.26 Å². The zero-order chi connectivity index (χ0) is 13.3. The number of fused-ring (bicyclic) bond motifs is 1. The molecule has 1 heterocycles. The fourth-order valence-electron chi connectivity index (χ4n) is 1.40. The quantitative estimate of drug-likeness (QED) is 0.644. The maximum Gasteiger partial charge on any atom is 0.586 e. The number of hydrogen-bond acceptors (Lipinski definition) is 4. The first-order chi connectivity index (χ1) is 8.43. The minimum Gasteiger partial charge on any atom is -0.477 e. The predicted molar refractivity (Wildman–Crippen MR) is 53.9 cm³/mol. The molecule has 0 atom stereocenters. The zero-order valence-electron chi connectivity index (χ0n) is 8.68. The summed E-state index contributed by atoms with van der Waals surface area (Å²) < 4.78 is 34.1. The van der Waals surface area contributed by atoms with Crippen molar-refractivity contribution in [2.24, 2.45) is 0 Å². The highest BCUT2D eigenvalue weighted by Gasteiger charge is 2.44. The Hall–Kier alpha value is -2.62. The van der Waals surface area contributed by atoms with E-state index in [4.69, 9.17) is 10.4 Å². The van der Waals surface area contributed by atoms with E-state index in [2.05, 4.69) is 9.47 Å². The molecule has 0 saturated carbocycles. The Kier molecular flexibility index (Phi) is 2.63. The molecule has 5 nitrogen and oxygen atoms in total. The molecule has 1 aromatic rings. The Morgan fingerprint density at radius 3 is 2.78 bits per heavy atom. The number of hydrogen-bond donors (Lipinski definition) is 1. The van der Waals surface area contributed by atoms with Gasteiger partial charge in [0.2, 0.25) is 0 Å². The van der Waals surface area contributed by atoms with Crippen LogP contribution in [0.4, 0.5) is 8.78 Å². The number of para-hydroxylation sites is 1. The Bertz CT molecular complexity index is 589. The Balaban J connectivity index is 2.48. The summed E-state index contributed by atoms with van der Waals surface area (Å²) in [6, 6.07) is 5.41. The minimum absolute atomic E-state index is 0.0311. The SMILES string of the molecule is N#CC(=Cc1cccc2c1OC(F)(F)O2)C(=O)O. The highest BCUT2D eigenvalue weighted by atomic mass is 19.3. The molecule has 7 heteroatoms. The lowest BCUT2D eigenvalue weighted by Gasteiger charge is -2.05. The molecule has 2 rings (SSSR count). The van der Waals surface area contributed by atoms with Gasteiger partial charge < -0.3 is 14.6 Å². The van der Waals surface area contributed by atoms with Gasteiger partial charge in [0, 0.05) is 5.56 Å². The van der Waals surface area contributed by atoms with Gasteiger partial charge in [0.05, 0.1) is 0 Å². The van der Waals surface area contributed by atoms with Crippen LogP contribution >= 0.6 is 0 Å². The van der Waals surface area contributed by atoms with Crippen LogP contribution in [-0.2, 0) is 4.79 Å². The lowest BCUT2D eigenvalue weighted by Crippen LogP contribution is -2.26. The third-order valence-electron chi connectivity index (χ3n) is 2.11. The molecule has 1 N–H and O–H groups in total. The van der Waals surface area contributed by atoms with Crippen molar-refractivity contribution < 1.29 is 28.2 Å². The number of carbonyl (C=O) groups is 1. The molecule has 0 fully saturated rings. The Labute approximate surface area is 99.5 Å². The summed E-state index contributed by atoms with van der Waals surface area (Å²) >= 11 is 0. The lowest BCUT2D eigenvalue weighted by molar-refractivity contribution is -0.286. The van der Waals surface area contributed by atoms with Crippen LogP contribution in [0, 0.1) is 11.3 Å². The molecule has 1 aliphatic heterocycles. The fourth-order valence-corrected chi connectivity index (χ4v) is 1.40. The van der Waals surface area contributed by atoms with Gasteiger partial charge in [-0.3, -0.25) is 0 Å². The average Bonchev–Trinajstić information content (AvgIpc) is 2.60. The lowest BCUT2D eigenvalue weighted by atomic mass is 10.1. The van der Waals surface area contributed by atoms with E-state index in [1.54, 1.807) is 0 Å². The van der Waals surface area contributed by atoms with Gasteiger partial charge in [0.25, 0.3) is 0 Å². The summed E-state index contributed by atoms with van der Waals surface area (Å²) in [6.07, 6.45) is -2.85. The first kappa shape index (κ1) is 11.9. The number of benzene rings is 1. The molecule has 0 unspecified atom stereocenters. The number of halogens is 2. The predicted octanol–water partition coefficient (Wildman–Crippen LogP) is 2.00. The number of nitrogens with zero attached hydrogens (tertiary/aromatic N) is 1. The van der Waals surface area contributed by atoms with Crippen molar-refractivity contribution in [2.45, 2.75) is 6.29 Å². The van der Waals surface area contributed by atoms with E-state index < -0.39 is 17.8 Å². The van der Waals surface area contributed by atoms with Crippen LogP contribution in [0.5, 0.6) is 11.5 Å². The molecule has 0 aliphatic carbocycles. The average molecular weight is 253 g/mol. The van der Waals surface area contributed by atoms with Crippen molar-refractivity contribution in [1.82, 2.24) is 0 Å². The molecule has 0 amide bonds. The third kappa shape index (κ3) is 2.08. The maximum atomic E-state index is 12.8. The molecule has 0 spiro atoms. The molecule has 0 aromatic heterocycles. The Morgan fingerprint density at radius 1 is 1.44 bits per heavy atom. The molecule has 0 bridgehead atoms. The van der Waals surface area contributed by atoms with Gasteiger partial charge in [0.15, 0.2) is 11.5 Å². The Morgan fingerprint density at radius 2 is 2.17 bits per heavy atom. The maximum absolute atomic E-state index is 12.8. The van der Waals surface area contributed by atoms with E-state index in [9.17, 15) is 13.6 Å². The number of carboxylic acids is 1. The summed E-state index contributed by atoms with van der Waals surface area (Å²) in [5, 5.41) is 17.3. The van der Waals surface area contributed by atoms with E-state index in [0.29, 0.717) is 0 Å². The number of rotatable bonds is 2. The second kappa shape index (κ2) is 4.00. The van der Waals surface area contributed by atoms with Gasteiger partial charge in [-0.05, 0) is 12.1 Å². The number of ether oxygens (including phenoxy) is 2. The van der Waals surface area contributed by atoms with Crippen molar-refractivity contribution in [2.75, 3.05) is 0 Å². The van der Waals surface area contributed by atoms with Gasteiger partial charge in [-0.2, -0.15) is 5.26 Å².